The molecule has 0 saturated carbocycles. The zero-order chi connectivity index (χ0) is 14.4. The second kappa shape index (κ2) is 6.86. The van der Waals surface area contributed by atoms with Crippen LogP contribution in [-0.4, -0.2) is 18.0 Å². The van der Waals surface area contributed by atoms with Crippen molar-refractivity contribution >= 4 is 33.6 Å². The van der Waals surface area contributed by atoms with Crippen molar-refractivity contribution < 1.29 is 9.53 Å². The van der Waals surface area contributed by atoms with Crippen LogP contribution in [0.5, 0.6) is 5.88 Å². The molecular formula is C15H13BrN2O2. The van der Waals surface area contributed by atoms with Crippen LogP contribution in [0.25, 0.3) is 6.08 Å². The van der Waals surface area contributed by atoms with Crippen LogP contribution in [0.15, 0.2) is 53.1 Å². The average Bonchev–Trinajstić information content (AvgIpc) is 2.47. The number of amides is 1. The van der Waals surface area contributed by atoms with Gasteiger partial charge in [0.2, 0.25) is 11.8 Å². The van der Waals surface area contributed by atoms with E-state index in [1.54, 1.807) is 31.5 Å². The van der Waals surface area contributed by atoms with Crippen molar-refractivity contribution in [3.63, 3.8) is 0 Å². The monoisotopic (exact) mass is 332 g/mol. The number of halogens is 1. The number of anilines is 1. The summed E-state index contributed by atoms with van der Waals surface area (Å²) in [5.41, 5.74) is 1.58. The van der Waals surface area contributed by atoms with E-state index in [4.69, 9.17) is 4.74 Å². The zero-order valence-electron chi connectivity index (χ0n) is 10.8. The van der Waals surface area contributed by atoms with Crippen molar-refractivity contribution in [2.24, 2.45) is 0 Å². The van der Waals surface area contributed by atoms with Gasteiger partial charge in [-0.2, -0.15) is 0 Å². The summed E-state index contributed by atoms with van der Waals surface area (Å²) in [5, 5.41) is 2.72. The zero-order valence-corrected chi connectivity index (χ0v) is 12.4. The molecule has 0 bridgehead atoms. The molecule has 0 aliphatic heterocycles. The molecule has 1 N–H and O–H groups in total. The van der Waals surface area contributed by atoms with Crippen LogP contribution in [0.2, 0.25) is 0 Å². The summed E-state index contributed by atoms with van der Waals surface area (Å²) in [4.78, 5) is 15.8. The van der Waals surface area contributed by atoms with Crippen LogP contribution >= 0.6 is 15.9 Å². The average molecular weight is 333 g/mol. The molecule has 2 aromatic rings. The highest BCUT2D eigenvalue weighted by molar-refractivity contribution is 9.10. The van der Waals surface area contributed by atoms with Gasteiger partial charge in [-0.1, -0.05) is 28.1 Å². The Bertz CT molecular complexity index is 607. The third-order valence-electron chi connectivity index (χ3n) is 2.51. The number of carbonyl (C=O) groups excluding carboxylic acids is 1. The van der Waals surface area contributed by atoms with E-state index >= 15 is 0 Å². The molecule has 5 heteroatoms. The Balaban J connectivity index is 1.96. The van der Waals surface area contributed by atoms with Gasteiger partial charge in [0, 0.05) is 16.6 Å². The van der Waals surface area contributed by atoms with Gasteiger partial charge in [0.05, 0.1) is 19.0 Å². The molecule has 0 spiro atoms. The molecule has 0 atom stereocenters. The van der Waals surface area contributed by atoms with E-state index < -0.39 is 0 Å². The molecule has 20 heavy (non-hydrogen) atoms. The molecule has 0 fully saturated rings. The minimum Gasteiger partial charge on any atom is -0.481 e. The van der Waals surface area contributed by atoms with Crippen LogP contribution in [0, 0.1) is 0 Å². The van der Waals surface area contributed by atoms with E-state index in [0.717, 1.165) is 10.0 Å². The molecule has 0 unspecified atom stereocenters. The predicted octanol–water partition coefficient (Wildman–Crippen LogP) is 3.50. The van der Waals surface area contributed by atoms with Gasteiger partial charge in [-0.25, -0.2) is 4.98 Å². The van der Waals surface area contributed by atoms with Gasteiger partial charge < -0.3 is 10.1 Å². The van der Waals surface area contributed by atoms with Crippen LogP contribution in [-0.2, 0) is 4.79 Å². The van der Waals surface area contributed by atoms with Crippen LogP contribution in [0.3, 0.4) is 0 Å². The van der Waals surface area contributed by atoms with E-state index in [-0.39, 0.29) is 5.91 Å². The number of benzene rings is 1. The Morgan fingerprint density at radius 3 is 2.60 bits per heavy atom. The van der Waals surface area contributed by atoms with Gasteiger partial charge in [0.15, 0.2) is 0 Å². The van der Waals surface area contributed by atoms with Gasteiger partial charge in [-0.3, -0.25) is 4.79 Å². The number of carbonyl (C=O) groups is 1. The van der Waals surface area contributed by atoms with Gasteiger partial charge in [0.25, 0.3) is 0 Å². The largest absolute Gasteiger partial charge is 0.481 e. The fraction of sp³-hybridized carbons (Fsp3) is 0.0667. The van der Waals surface area contributed by atoms with Crippen LogP contribution in [0.1, 0.15) is 5.56 Å². The second-order valence-corrected chi connectivity index (χ2v) is 4.88. The number of nitrogens with one attached hydrogen (secondary N) is 1. The van der Waals surface area contributed by atoms with Crippen molar-refractivity contribution in [2.45, 2.75) is 0 Å². The summed E-state index contributed by atoms with van der Waals surface area (Å²) in [6.07, 6.45) is 4.77. The molecule has 0 aliphatic rings. The number of pyridine rings is 1. The van der Waals surface area contributed by atoms with Crippen molar-refractivity contribution in [1.82, 2.24) is 4.98 Å². The number of methoxy groups -OCH3 is 1. The lowest BCUT2D eigenvalue weighted by molar-refractivity contribution is -0.111. The Hall–Kier alpha value is -2.14. The first-order valence-corrected chi connectivity index (χ1v) is 6.71. The number of nitrogens with zero attached hydrogens (tertiary/aromatic N) is 1. The maximum atomic E-state index is 11.7. The van der Waals surface area contributed by atoms with E-state index in [1.807, 2.05) is 24.3 Å². The molecule has 1 aromatic heterocycles. The predicted molar refractivity (Wildman–Crippen MR) is 82.6 cm³/mol. The van der Waals surface area contributed by atoms with Gasteiger partial charge in [0.1, 0.15) is 0 Å². The molecule has 1 heterocycles. The number of ether oxygens (including phenoxy) is 1. The first-order chi connectivity index (χ1) is 9.67. The second-order valence-electron chi connectivity index (χ2n) is 3.96. The summed E-state index contributed by atoms with van der Waals surface area (Å²) in [6, 6.07) is 11.1. The molecule has 102 valence electrons. The molecular weight excluding hydrogens is 320 g/mol. The number of hydrogen-bond acceptors (Lipinski definition) is 3. The molecule has 4 nitrogen and oxygen atoms in total. The van der Waals surface area contributed by atoms with Crippen molar-refractivity contribution in [2.75, 3.05) is 12.4 Å². The lowest BCUT2D eigenvalue weighted by Crippen LogP contribution is -2.07. The minimum absolute atomic E-state index is 0.208. The molecule has 0 aliphatic carbocycles. The lowest BCUT2D eigenvalue weighted by Gasteiger charge is -2.02. The quantitative estimate of drug-likeness (QED) is 0.871. The summed E-state index contributed by atoms with van der Waals surface area (Å²) in [7, 11) is 1.54. The standard InChI is InChI=1S/C15H13BrN2O2/c1-20-15-9-7-13(10-17-15)18-14(19)8-4-11-2-5-12(16)6-3-11/h2-10H,1H3,(H,18,19)/b8-4+. The van der Waals surface area contributed by atoms with Crippen LogP contribution in [0.4, 0.5) is 5.69 Å². The summed E-state index contributed by atoms with van der Waals surface area (Å²) in [6.45, 7) is 0. The van der Waals surface area contributed by atoms with E-state index in [0.29, 0.717) is 11.6 Å². The van der Waals surface area contributed by atoms with Crippen molar-refractivity contribution in [3.05, 3.63) is 58.7 Å². The van der Waals surface area contributed by atoms with Crippen molar-refractivity contribution in [1.29, 1.82) is 0 Å². The minimum atomic E-state index is -0.208. The first-order valence-electron chi connectivity index (χ1n) is 5.92. The summed E-state index contributed by atoms with van der Waals surface area (Å²) in [5.74, 6) is 0.299. The summed E-state index contributed by atoms with van der Waals surface area (Å²) < 4.78 is 5.95. The van der Waals surface area contributed by atoms with Gasteiger partial charge >= 0.3 is 0 Å². The highest BCUT2D eigenvalue weighted by Gasteiger charge is 1.99. The highest BCUT2D eigenvalue weighted by atomic mass is 79.9. The Morgan fingerprint density at radius 1 is 1.25 bits per heavy atom. The number of aromatic nitrogens is 1. The molecule has 0 saturated heterocycles. The maximum Gasteiger partial charge on any atom is 0.248 e. The molecule has 1 aromatic carbocycles. The lowest BCUT2D eigenvalue weighted by atomic mass is 10.2. The normalized spacial score (nSPS) is 10.5. The smallest absolute Gasteiger partial charge is 0.248 e. The first kappa shape index (κ1) is 14.3. The van der Waals surface area contributed by atoms with E-state index in [9.17, 15) is 4.79 Å². The Morgan fingerprint density at radius 2 is 2.00 bits per heavy atom. The number of rotatable bonds is 4. The topological polar surface area (TPSA) is 51.2 Å². The summed E-state index contributed by atoms with van der Waals surface area (Å²) >= 11 is 3.36. The SMILES string of the molecule is COc1ccc(NC(=O)/C=C/c2ccc(Br)cc2)cn1. The Labute approximate surface area is 125 Å². The highest BCUT2D eigenvalue weighted by Crippen LogP contribution is 2.13. The number of hydrogen-bond donors (Lipinski definition) is 1. The van der Waals surface area contributed by atoms with Crippen LogP contribution < -0.4 is 10.1 Å². The van der Waals surface area contributed by atoms with Gasteiger partial charge in [-0.15, -0.1) is 0 Å². The van der Waals surface area contributed by atoms with E-state index in [1.165, 1.54) is 6.08 Å². The molecule has 0 radical (unpaired) electrons. The fourth-order valence-corrected chi connectivity index (χ4v) is 1.77. The third-order valence-corrected chi connectivity index (χ3v) is 3.04. The fourth-order valence-electron chi connectivity index (χ4n) is 1.50. The van der Waals surface area contributed by atoms with E-state index in [2.05, 4.69) is 26.2 Å². The van der Waals surface area contributed by atoms with Crippen molar-refractivity contribution in [3.8, 4) is 5.88 Å². The Kier molecular flexibility index (Phi) is 4.90. The molecule has 1 amide bonds. The maximum absolute atomic E-state index is 11.7. The van der Waals surface area contributed by atoms with Gasteiger partial charge in [-0.05, 0) is 29.8 Å². The third kappa shape index (κ3) is 4.20. The molecule has 2 rings (SSSR count).